The van der Waals surface area contributed by atoms with Crippen molar-refractivity contribution in [1.29, 1.82) is 0 Å². The van der Waals surface area contributed by atoms with Gasteiger partial charge in [-0.05, 0) is 49.2 Å². The highest BCUT2D eigenvalue weighted by atomic mass is 19.1. The summed E-state index contributed by atoms with van der Waals surface area (Å²) in [4.78, 5) is 0. The summed E-state index contributed by atoms with van der Waals surface area (Å²) >= 11 is 0. The molecule has 0 saturated carbocycles. The average molecular weight is 257 g/mol. The fourth-order valence-corrected chi connectivity index (χ4v) is 2.22. The van der Waals surface area contributed by atoms with E-state index in [1.54, 1.807) is 12.1 Å². The van der Waals surface area contributed by atoms with Crippen LogP contribution in [0.25, 0.3) is 11.1 Å². The van der Waals surface area contributed by atoms with Crippen molar-refractivity contribution in [1.82, 2.24) is 0 Å². The highest BCUT2D eigenvalue weighted by Gasteiger charge is 2.26. The quantitative estimate of drug-likeness (QED) is 0.831. The van der Waals surface area contributed by atoms with Crippen LogP contribution in [0.15, 0.2) is 42.5 Å². The Morgan fingerprint density at radius 3 is 2.47 bits per heavy atom. The van der Waals surface area contributed by atoms with Crippen molar-refractivity contribution in [2.24, 2.45) is 0 Å². The molecule has 0 atom stereocenters. The first-order valence-electron chi connectivity index (χ1n) is 6.36. The van der Waals surface area contributed by atoms with E-state index in [-0.39, 0.29) is 11.4 Å². The summed E-state index contributed by atoms with van der Waals surface area (Å²) in [6.45, 7) is 4.88. The largest absolute Gasteiger partial charge is 0.484 e. The standard InChI is InChI=1S/C16H16FNO/c1-16(2)10-18-14-9-12(5-8-15(14)19-16)11-3-6-13(17)7-4-11/h3-9,18H,10H2,1-2H3. The van der Waals surface area contributed by atoms with Crippen molar-refractivity contribution in [3.05, 3.63) is 48.3 Å². The molecule has 3 rings (SSSR count). The molecule has 3 heteroatoms. The van der Waals surface area contributed by atoms with Gasteiger partial charge in [-0.15, -0.1) is 0 Å². The number of fused-ring (bicyclic) bond motifs is 1. The monoisotopic (exact) mass is 257 g/mol. The van der Waals surface area contributed by atoms with Gasteiger partial charge in [0.15, 0.2) is 0 Å². The summed E-state index contributed by atoms with van der Waals surface area (Å²) in [5, 5.41) is 3.38. The minimum Gasteiger partial charge on any atom is -0.484 e. The molecule has 0 spiro atoms. The third kappa shape index (κ3) is 2.41. The van der Waals surface area contributed by atoms with E-state index in [9.17, 15) is 4.39 Å². The van der Waals surface area contributed by atoms with Crippen LogP contribution in [0.3, 0.4) is 0 Å². The summed E-state index contributed by atoms with van der Waals surface area (Å²) in [5.41, 5.74) is 2.84. The summed E-state index contributed by atoms with van der Waals surface area (Å²) in [6.07, 6.45) is 0. The van der Waals surface area contributed by atoms with Crippen molar-refractivity contribution in [3.8, 4) is 16.9 Å². The zero-order valence-corrected chi connectivity index (χ0v) is 11.0. The Labute approximate surface area is 112 Å². The normalized spacial score (nSPS) is 16.2. The molecule has 1 heterocycles. The predicted molar refractivity (Wildman–Crippen MR) is 75.0 cm³/mol. The predicted octanol–water partition coefficient (Wildman–Crippen LogP) is 4.08. The Kier molecular flexibility index (Phi) is 2.70. The van der Waals surface area contributed by atoms with Crippen molar-refractivity contribution >= 4 is 5.69 Å². The molecule has 0 fully saturated rings. The number of hydrogen-bond acceptors (Lipinski definition) is 2. The number of anilines is 1. The fourth-order valence-electron chi connectivity index (χ4n) is 2.22. The molecule has 2 aromatic rings. The Morgan fingerprint density at radius 2 is 1.74 bits per heavy atom. The Hall–Kier alpha value is -2.03. The average Bonchev–Trinajstić information content (AvgIpc) is 2.38. The van der Waals surface area contributed by atoms with Crippen LogP contribution in [0, 0.1) is 5.82 Å². The molecule has 0 aromatic heterocycles. The highest BCUT2D eigenvalue weighted by molar-refractivity contribution is 5.72. The van der Waals surface area contributed by atoms with Crippen LogP contribution in [0.2, 0.25) is 0 Å². The fraction of sp³-hybridized carbons (Fsp3) is 0.250. The van der Waals surface area contributed by atoms with Crippen LogP contribution in [0.5, 0.6) is 5.75 Å². The van der Waals surface area contributed by atoms with Crippen LogP contribution in [0.4, 0.5) is 10.1 Å². The van der Waals surface area contributed by atoms with Crippen molar-refractivity contribution in [3.63, 3.8) is 0 Å². The van der Waals surface area contributed by atoms with E-state index in [4.69, 9.17) is 4.74 Å². The van der Waals surface area contributed by atoms with Crippen LogP contribution >= 0.6 is 0 Å². The second-order valence-electron chi connectivity index (χ2n) is 5.43. The van der Waals surface area contributed by atoms with E-state index in [0.717, 1.165) is 29.1 Å². The summed E-state index contributed by atoms with van der Waals surface area (Å²) < 4.78 is 18.8. The van der Waals surface area contributed by atoms with E-state index >= 15 is 0 Å². The van der Waals surface area contributed by atoms with E-state index in [0.29, 0.717) is 0 Å². The lowest BCUT2D eigenvalue weighted by atomic mass is 10.0. The van der Waals surface area contributed by atoms with Gasteiger partial charge in [0.25, 0.3) is 0 Å². The van der Waals surface area contributed by atoms with Crippen molar-refractivity contribution < 1.29 is 9.13 Å². The number of rotatable bonds is 1. The molecule has 0 amide bonds. The Balaban J connectivity index is 1.96. The number of hydrogen-bond donors (Lipinski definition) is 1. The van der Waals surface area contributed by atoms with Gasteiger partial charge in [0.1, 0.15) is 17.2 Å². The third-order valence-corrected chi connectivity index (χ3v) is 3.25. The minimum atomic E-state index is -0.218. The first kappa shape index (κ1) is 12.0. The molecule has 2 aromatic carbocycles. The van der Waals surface area contributed by atoms with Crippen LogP contribution in [-0.2, 0) is 0 Å². The first-order valence-corrected chi connectivity index (χ1v) is 6.36. The molecular weight excluding hydrogens is 241 g/mol. The maximum Gasteiger partial charge on any atom is 0.143 e. The number of benzene rings is 2. The second-order valence-corrected chi connectivity index (χ2v) is 5.43. The number of halogens is 1. The lowest BCUT2D eigenvalue weighted by molar-refractivity contribution is 0.116. The first-order chi connectivity index (χ1) is 9.03. The second kappa shape index (κ2) is 4.26. The highest BCUT2D eigenvalue weighted by Crippen LogP contribution is 2.36. The molecule has 2 nitrogen and oxygen atoms in total. The number of ether oxygens (including phenoxy) is 1. The number of nitrogens with one attached hydrogen (secondary N) is 1. The van der Waals surface area contributed by atoms with Gasteiger partial charge in [-0.25, -0.2) is 4.39 Å². The Bertz CT molecular complexity index is 605. The van der Waals surface area contributed by atoms with Gasteiger partial charge in [0, 0.05) is 0 Å². The smallest absolute Gasteiger partial charge is 0.143 e. The molecular formula is C16H16FNO. The molecule has 0 bridgehead atoms. The topological polar surface area (TPSA) is 21.3 Å². The van der Waals surface area contributed by atoms with Gasteiger partial charge in [0.05, 0.1) is 12.2 Å². The van der Waals surface area contributed by atoms with Crippen molar-refractivity contribution in [2.45, 2.75) is 19.4 Å². The molecule has 0 unspecified atom stereocenters. The zero-order chi connectivity index (χ0) is 13.5. The molecule has 19 heavy (non-hydrogen) atoms. The van der Waals surface area contributed by atoms with Crippen LogP contribution in [0.1, 0.15) is 13.8 Å². The van der Waals surface area contributed by atoms with E-state index in [1.807, 2.05) is 18.2 Å². The molecule has 1 N–H and O–H groups in total. The maximum atomic E-state index is 12.9. The molecule has 0 radical (unpaired) electrons. The lowest BCUT2D eigenvalue weighted by Gasteiger charge is -2.33. The summed E-state index contributed by atoms with van der Waals surface area (Å²) in [6, 6.07) is 12.5. The van der Waals surface area contributed by atoms with E-state index in [1.165, 1.54) is 12.1 Å². The molecule has 0 saturated heterocycles. The van der Waals surface area contributed by atoms with Gasteiger partial charge < -0.3 is 10.1 Å². The van der Waals surface area contributed by atoms with Gasteiger partial charge in [-0.1, -0.05) is 18.2 Å². The summed E-state index contributed by atoms with van der Waals surface area (Å²) in [7, 11) is 0. The molecule has 0 aliphatic carbocycles. The summed E-state index contributed by atoms with van der Waals surface area (Å²) in [5.74, 6) is 0.645. The van der Waals surface area contributed by atoms with Gasteiger partial charge in [-0.2, -0.15) is 0 Å². The van der Waals surface area contributed by atoms with E-state index in [2.05, 4.69) is 19.2 Å². The molecule has 1 aliphatic heterocycles. The molecule has 98 valence electrons. The maximum absolute atomic E-state index is 12.9. The van der Waals surface area contributed by atoms with Crippen LogP contribution in [-0.4, -0.2) is 12.1 Å². The lowest BCUT2D eigenvalue weighted by Crippen LogP contribution is -2.39. The van der Waals surface area contributed by atoms with Gasteiger partial charge in [0.2, 0.25) is 0 Å². The zero-order valence-electron chi connectivity index (χ0n) is 11.0. The van der Waals surface area contributed by atoms with E-state index < -0.39 is 0 Å². The minimum absolute atomic E-state index is 0.190. The third-order valence-electron chi connectivity index (χ3n) is 3.25. The Morgan fingerprint density at radius 1 is 1.05 bits per heavy atom. The van der Waals surface area contributed by atoms with Gasteiger partial charge >= 0.3 is 0 Å². The SMILES string of the molecule is CC1(C)CNc2cc(-c3ccc(F)cc3)ccc2O1. The van der Waals surface area contributed by atoms with Gasteiger partial charge in [-0.3, -0.25) is 0 Å². The van der Waals surface area contributed by atoms with Crippen molar-refractivity contribution in [2.75, 3.05) is 11.9 Å². The molecule has 1 aliphatic rings. The van der Waals surface area contributed by atoms with Crippen LogP contribution < -0.4 is 10.1 Å².